The van der Waals surface area contributed by atoms with E-state index < -0.39 is 10.0 Å². The number of sulfonamides is 1. The molecule has 2 heterocycles. The van der Waals surface area contributed by atoms with Crippen LogP contribution in [0.4, 0.5) is 5.69 Å². The van der Waals surface area contributed by atoms with Crippen LogP contribution in [0.1, 0.15) is 32.7 Å². The summed E-state index contributed by atoms with van der Waals surface area (Å²) in [5.74, 6) is 5.46. The van der Waals surface area contributed by atoms with Crippen molar-refractivity contribution in [3.63, 3.8) is 0 Å². The van der Waals surface area contributed by atoms with Crippen molar-refractivity contribution >= 4 is 21.6 Å². The van der Waals surface area contributed by atoms with Gasteiger partial charge in [0.2, 0.25) is 0 Å². The minimum atomic E-state index is -3.86. The van der Waals surface area contributed by atoms with Gasteiger partial charge in [-0.05, 0) is 42.7 Å². The predicted octanol–water partition coefficient (Wildman–Crippen LogP) is 2.43. The molecule has 3 aromatic rings. The highest BCUT2D eigenvalue weighted by atomic mass is 32.2. The van der Waals surface area contributed by atoms with Crippen molar-refractivity contribution in [1.82, 2.24) is 10.5 Å². The zero-order valence-corrected chi connectivity index (χ0v) is 15.6. The number of hydrogen-bond donors (Lipinski definition) is 2. The van der Waals surface area contributed by atoms with Crippen molar-refractivity contribution in [2.24, 2.45) is 0 Å². The Morgan fingerprint density at radius 2 is 2.04 bits per heavy atom. The third-order valence-electron chi connectivity index (χ3n) is 4.35. The Kier molecular flexibility index (Phi) is 4.37. The van der Waals surface area contributed by atoms with E-state index in [-0.39, 0.29) is 17.3 Å². The fourth-order valence-electron chi connectivity index (χ4n) is 2.91. The lowest BCUT2D eigenvalue weighted by Gasteiger charge is -2.14. The van der Waals surface area contributed by atoms with Gasteiger partial charge in [-0.3, -0.25) is 9.52 Å². The van der Waals surface area contributed by atoms with Crippen molar-refractivity contribution in [2.75, 3.05) is 4.72 Å². The normalized spacial score (nSPS) is 12.7. The van der Waals surface area contributed by atoms with Crippen molar-refractivity contribution in [1.29, 1.82) is 0 Å². The minimum absolute atomic E-state index is 0.0775. The van der Waals surface area contributed by atoms with Crippen LogP contribution >= 0.6 is 0 Å². The Morgan fingerprint density at radius 3 is 2.82 bits per heavy atom. The van der Waals surface area contributed by atoms with Crippen molar-refractivity contribution in [3.05, 3.63) is 76.7 Å². The highest BCUT2D eigenvalue weighted by Crippen LogP contribution is 2.30. The molecule has 28 heavy (non-hydrogen) atoms. The SMILES string of the molecule is Cc1ccc2c(c1NS(=O)(=O)c1cccc(C#Cc3ccon3)c1)CNC2=O. The fourth-order valence-corrected chi connectivity index (χ4v) is 4.13. The summed E-state index contributed by atoms with van der Waals surface area (Å²) >= 11 is 0. The molecule has 140 valence electrons. The second-order valence-electron chi connectivity index (χ2n) is 6.23. The Balaban J connectivity index is 1.67. The van der Waals surface area contributed by atoms with Gasteiger partial charge in [-0.1, -0.05) is 23.2 Å². The molecule has 0 spiro atoms. The zero-order chi connectivity index (χ0) is 19.7. The van der Waals surface area contributed by atoms with Crippen LogP contribution in [-0.2, 0) is 16.6 Å². The van der Waals surface area contributed by atoms with Crippen molar-refractivity contribution in [3.8, 4) is 11.8 Å². The van der Waals surface area contributed by atoms with Gasteiger partial charge in [0, 0.05) is 29.3 Å². The van der Waals surface area contributed by atoms with E-state index in [0.717, 1.165) is 5.56 Å². The van der Waals surface area contributed by atoms with E-state index in [1.54, 1.807) is 37.3 Å². The molecule has 2 N–H and O–H groups in total. The van der Waals surface area contributed by atoms with Gasteiger partial charge in [-0.15, -0.1) is 0 Å². The van der Waals surface area contributed by atoms with Crippen LogP contribution in [0.15, 0.2) is 58.1 Å². The number of hydrogen-bond acceptors (Lipinski definition) is 5. The number of aryl methyl sites for hydroxylation is 1. The van der Waals surface area contributed by atoms with E-state index >= 15 is 0 Å². The Hall–Kier alpha value is -3.57. The quantitative estimate of drug-likeness (QED) is 0.666. The molecule has 0 saturated carbocycles. The number of fused-ring (bicyclic) bond motifs is 1. The molecule has 1 aromatic heterocycles. The maximum absolute atomic E-state index is 12.9. The number of anilines is 1. The topological polar surface area (TPSA) is 101 Å². The van der Waals surface area contributed by atoms with E-state index in [9.17, 15) is 13.2 Å². The summed E-state index contributed by atoms with van der Waals surface area (Å²) < 4.78 is 33.2. The molecule has 4 rings (SSSR count). The summed E-state index contributed by atoms with van der Waals surface area (Å²) in [5, 5.41) is 6.41. The second-order valence-corrected chi connectivity index (χ2v) is 7.92. The van der Waals surface area contributed by atoms with Gasteiger partial charge in [0.15, 0.2) is 5.69 Å². The zero-order valence-electron chi connectivity index (χ0n) is 14.8. The van der Waals surface area contributed by atoms with E-state index in [1.807, 2.05) is 0 Å². The second kappa shape index (κ2) is 6.87. The third kappa shape index (κ3) is 3.35. The molecule has 0 fully saturated rings. The molecule has 0 radical (unpaired) electrons. The first kappa shape index (κ1) is 17.8. The summed E-state index contributed by atoms with van der Waals surface area (Å²) in [5.41, 5.74) is 3.28. The smallest absolute Gasteiger partial charge is 0.261 e. The number of carbonyl (C=O) groups is 1. The van der Waals surface area contributed by atoms with Crippen LogP contribution < -0.4 is 10.0 Å². The predicted molar refractivity (Wildman–Crippen MR) is 102 cm³/mol. The number of amides is 1. The molecule has 0 unspecified atom stereocenters. The number of carbonyl (C=O) groups excluding carboxylic acids is 1. The number of aromatic nitrogens is 1. The lowest BCUT2D eigenvalue weighted by Crippen LogP contribution is -2.15. The Bertz CT molecular complexity index is 1240. The molecule has 7 nitrogen and oxygen atoms in total. The molecular formula is C20H15N3O4S. The van der Waals surface area contributed by atoms with Gasteiger partial charge < -0.3 is 9.84 Å². The summed E-state index contributed by atoms with van der Waals surface area (Å²) in [7, 11) is -3.86. The average molecular weight is 393 g/mol. The molecule has 0 saturated heterocycles. The first-order valence-electron chi connectivity index (χ1n) is 8.40. The van der Waals surface area contributed by atoms with Crippen LogP contribution in [0.25, 0.3) is 0 Å². The largest absolute Gasteiger partial charge is 0.363 e. The third-order valence-corrected chi connectivity index (χ3v) is 5.69. The number of benzene rings is 2. The summed E-state index contributed by atoms with van der Waals surface area (Å²) in [6, 6.07) is 11.3. The van der Waals surface area contributed by atoms with Crippen molar-refractivity contribution in [2.45, 2.75) is 18.4 Å². The number of nitrogens with one attached hydrogen (secondary N) is 2. The standard InChI is InChI=1S/C20H15N3O4S/c1-13-5-8-17-18(12-21-20(17)24)19(13)23-28(25,26)16-4-2-3-14(11-16)6-7-15-9-10-27-22-15/h2-5,8-11,23H,12H2,1H3,(H,21,24). The minimum Gasteiger partial charge on any atom is -0.363 e. The van der Waals surface area contributed by atoms with Gasteiger partial charge in [-0.2, -0.15) is 0 Å². The highest BCUT2D eigenvalue weighted by Gasteiger charge is 2.25. The van der Waals surface area contributed by atoms with Crippen LogP contribution in [0, 0.1) is 18.8 Å². The summed E-state index contributed by atoms with van der Waals surface area (Å²) in [6.07, 6.45) is 1.41. The van der Waals surface area contributed by atoms with Crippen molar-refractivity contribution < 1.29 is 17.7 Å². The summed E-state index contributed by atoms with van der Waals surface area (Å²) in [4.78, 5) is 11.9. The molecule has 1 aliphatic heterocycles. The van der Waals surface area contributed by atoms with Crippen LogP contribution in [0.2, 0.25) is 0 Å². The molecule has 2 aromatic carbocycles. The Labute approximate surface area is 161 Å². The molecule has 8 heteroatoms. The molecule has 0 aliphatic carbocycles. The molecule has 1 aliphatic rings. The maximum Gasteiger partial charge on any atom is 0.261 e. The van der Waals surface area contributed by atoms with Crippen LogP contribution in [-0.4, -0.2) is 19.5 Å². The van der Waals surface area contributed by atoms with Crippen LogP contribution in [0.5, 0.6) is 0 Å². The lowest BCUT2D eigenvalue weighted by atomic mass is 10.0. The monoisotopic (exact) mass is 393 g/mol. The van der Waals surface area contributed by atoms with Gasteiger partial charge >= 0.3 is 0 Å². The van der Waals surface area contributed by atoms with E-state index in [0.29, 0.717) is 28.1 Å². The number of nitrogens with zero attached hydrogens (tertiary/aromatic N) is 1. The number of rotatable bonds is 3. The molecule has 0 atom stereocenters. The summed E-state index contributed by atoms with van der Waals surface area (Å²) in [6.45, 7) is 2.08. The van der Waals surface area contributed by atoms with E-state index in [4.69, 9.17) is 4.52 Å². The highest BCUT2D eigenvalue weighted by molar-refractivity contribution is 7.92. The van der Waals surface area contributed by atoms with Gasteiger partial charge in [0.05, 0.1) is 10.6 Å². The maximum atomic E-state index is 12.9. The Morgan fingerprint density at radius 1 is 1.18 bits per heavy atom. The van der Waals surface area contributed by atoms with E-state index in [1.165, 1.54) is 18.4 Å². The average Bonchev–Trinajstić information content (AvgIpc) is 3.33. The molecular weight excluding hydrogens is 378 g/mol. The van der Waals surface area contributed by atoms with Gasteiger partial charge in [-0.25, -0.2) is 8.42 Å². The molecule has 0 bridgehead atoms. The van der Waals surface area contributed by atoms with Gasteiger partial charge in [0.1, 0.15) is 6.26 Å². The first-order valence-corrected chi connectivity index (χ1v) is 9.88. The molecule has 1 amide bonds. The lowest BCUT2D eigenvalue weighted by molar-refractivity contribution is 0.0965. The fraction of sp³-hybridized carbons (Fsp3) is 0.100. The van der Waals surface area contributed by atoms with Crippen LogP contribution in [0.3, 0.4) is 0 Å². The van der Waals surface area contributed by atoms with Gasteiger partial charge in [0.25, 0.3) is 15.9 Å². The first-order chi connectivity index (χ1) is 13.4. The van der Waals surface area contributed by atoms with E-state index in [2.05, 4.69) is 27.0 Å².